The second-order valence-corrected chi connectivity index (χ2v) is 5.20. The number of hydrogen-bond donors (Lipinski definition) is 1. The van der Waals surface area contributed by atoms with E-state index in [4.69, 9.17) is 5.73 Å². The largest absolute Gasteiger partial charge is 0.330 e. The van der Waals surface area contributed by atoms with Crippen LogP contribution in [0.25, 0.3) is 0 Å². The molecule has 0 spiro atoms. The summed E-state index contributed by atoms with van der Waals surface area (Å²) in [5.74, 6) is 1.09. The SMILES string of the molecule is NCCCCCCCCC1CCCCC1. The van der Waals surface area contributed by atoms with Crippen molar-refractivity contribution in [2.24, 2.45) is 11.7 Å². The fourth-order valence-electron chi connectivity index (χ4n) is 2.76. The molecule has 0 saturated heterocycles. The van der Waals surface area contributed by atoms with Crippen LogP contribution in [0.2, 0.25) is 0 Å². The first kappa shape index (κ1) is 13.0. The van der Waals surface area contributed by atoms with Gasteiger partial charge in [-0.05, 0) is 18.9 Å². The van der Waals surface area contributed by atoms with Crippen LogP contribution < -0.4 is 5.73 Å². The van der Waals surface area contributed by atoms with Crippen molar-refractivity contribution in [3.8, 4) is 0 Å². The Hall–Kier alpha value is -0.0400. The van der Waals surface area contributed by atoms with Crippen LogP contribution in [0, 0.1) is 5.92 Å². The van der Waals surface area contributed by atoms with Crippen molar-refractivity contribution in [2.45, 2.75) is 77.0 Å². The summed E-state index contributed by atoms with van der Waals surface area (Å²) in [5, 5.41) is 0. The maximum atomic E-state index is 5.47. The molecule has 1 fully saturated rings. The molecule has 1 heteroatoms. The number of hydrogen-bond acceptors (Lipinski definition) is 1. The topological polar surface area (TPSA) is 26.0 Å². The van der Waals surface area contributed by atoms with E-state index >= 15 is 0 Å². The fraction of sp³-hybridized carbons (Fsp3) is 1.00. The van der Waals surface area contributed by atoms with E-state index in [2.05, 4.69) is 0 Å². The summed E-state index contributed by atoms with van der Waals surface area (Å²) in [5.41, 5.74) is 5.47. The molecular weight excluding hydrogens is 182 g/mol. The van der Waals surface area contributed by atoms with Crippen LogP contribution in [0.3, 0.4) is 0 Å². The highest BCUT2D eigenvalue weighted by Gasteiger charge is 2.12. The first-order valence-electron chi connectivity index (χ1n) is 7.13. The molecule has 0 aromatic carbocycles. The summed E-state index contributed by atoms with van der Waals surface area (Å²) in [6.45, 7) is 0.877. The Kier molecular flexibility index (Phi) is 7.99. The van der Waals surface area contributed by atoms with Gasteiger partial charge in [-0.15, -0.1) is 0 Å². The van der Waals surface area contributed by atoms with Gasteiger partial charge in [0.1, 0.15) is 0 Å². The zero-order valence-electron chi connectivity index (χ0n) is 10.3. The Bertz CT molecular complexity index is 127. The van der Waals surface area contributed by atoms with Gasteiger partial charge in [0.05, 0.1) is 0 Å². The van der Waals surface area contributed by atoms with Gasteiger partial charge in [-0.2, -0.15) is 0 Å². The summed E-state index contributed by atoms with van der Waals surface area (Å²) in [6, 6.07) is 0. The molecule has 1 rings (SSSR count). The summed E-state index contributed by atoms with van der Waals surface area (Å²) in [6.07, 6.45) is 17.4. The molecule has 0 atom stereocenters. The number of unbranched alkanes of at least 4 members (excludes halogenated alkanes) is 5. The monoisotopic (exact) mass is 211 g/mol. The molecule has 1 aliphatic rings. The Morgan fingerprint density at radius 1 is 0.733 bits per heavy atom. The van der Waals surface area contributed by atoms with Crippen molar-refractivity contribution < 1.29 is 0 Å². The lowest BCUT2D eigenvalue weighted by atomic mass is 9.85. The highest BCUT2D eigenvalue weighted by molar-refractivity contribution is 4.65. The highest BCUT2D eigenvalue weighted by Crippen LogP contribution is 2.27. The first-order valence-corrected chi connectivity index (χ1v) is 7.13. The summed E-state index contributed by atoms with van der Waals surface area (Å²) < 4.78 is 0. The molecule has 2 N–H and O–H groups in total. The molecule has 0 amide bonds. The quantitative estimate of drug-likeness (QED) is 0.597. The van der Waals surface area contributed by atoms with Gasteiger partial charge in [0.2, 0.25) is 0 Å². The Balaban J connectivity index is 1.79. The van der Waals surface area contributed by atoms with Crippen molar-refractivity contribution in [2.75, 3.05) is 6.54 Å². The average molecular weight is 211 g/mol. The highest BCUT2D eigenvalue weighted by atomic mass is 14.5. The molecule has 0 aromatic rings. The van der Waals surface area contributed by atoms with Gasteiger partial charge in [0.25, 0.3) is 0 Å². The molecule has 0 heterocycles. The predicted octanol–water partition coefficient (Wildman–Crippen LogP) is 4.26. The molecule has 0 bridgehead atoms. The number of rotatable bonds is 8. The van der Waals surface area contributed by atoms with E-state index in [9.17, 15) is 0 Å². The molecule has 0 unspecified atom stereocenters. The van der Waals surface area contributed by atoms with Crippen LogP contribution in [0.15, 0.2) is 0 Å². The Morgan fingerprint density at radius 3 is 2.00 bits per heavy atom. The lowest BCUT2D eigenvalue weighted by Gasteiger charge is -2.21. The average Bonchev–Trinajstić information content (AvgIpc) is 2.29. The van der Waals surface area contributed by atoms with Gasteiger partial charge in [-0.1, -0.05) is 70.6 Å². The maximum Gasteiger partial charge on any atom is -0.00773 e. The third-order valence-electron chi connectivity index (χ3n) is 3.79. The minimum Gasteiger partial charge on any atom is -0.330 e. The predicted molar refractivity (Wildman–Crippen MR) is 67.9 cm³/mol. The summed E-state index contributed by atoms with van der Waals surface area (Å²) in [4.78, 5) is 0. The maximum absolute atomic E-state index is 5.47. The van der Waals surface area contributed by atoms with Gasteiger partial charge in [0.15, 0.2) is 0 Å². The standard InChI is InChI=1S/C14H29N/c15-13-9-4-2-1-3-6-10-14-11-7-5-8-12-14/h14H,1-13,15H2. The van der Waals surface area contributed by atoms with Crippen LogP contribution in [0.4, 0.5) is 0 Å². The normalized spacial score (nSPS) is 18.2. The molecule has 0 radical (unpaired) electrons. The molecule has 1 nitrogen and oxygen atoms in total. The van der Waals surface area contributed by atoms with Crippen molar-refractivity contribution in [3.63, 3.8) is 0 Å². The van der Waals surface area contributed by atoms with Crippen LogP contribution in [-0.2, 0) is 0 Å². The van der Waals surface area contributed by atoms with Gasteiger partial charge >= 0.3 is 0 Å². The second kappa shape index (κ2) is 9.21. The first-order chi connectivity index (χ1) is 7.43. The van der Waals surface area contributed by atoms with Gasteiger partial charge < -0.3 is 5.73 Å². The van der Waals surface area contributed by atoms with E-state index in [1.165, 1.54) is 77.0 Å². The summed E-state index contributed by atoms with van der Waals surface area (Å²) in [7, 11) is 0. The Morgan fingerprint density at radius 2 is 1.33 bits per heavy atom. The third-order valence-corrected chi connectivity index (χ3v) is 3.79. The molecule has 15 heavy (non-hydrogen) atoms. The second-order valence-electron chi connectivity index (χ2n) is 5.20. The zero-order chi connectivity index (χ0) is 10.8. The molecular formula is C14H29N. The van der Waals surface area contributed by atoms with Gasteiger partial charge in [0, 0.05) is 0 Å². The van der Waals surface area contributed by atoms with E-state index < -0.39 is 0 Å². The van der Waals surface area contributed by atoms with Crippen LogP contribution in [-0.4, -0.2) is 6.54 Å². The lowest BCUT2D eigenvalue weighted by Crippen LogP contribution is -2.05. The van der Waals surface area contributed by atoms with Crippen molar-refractivity contribution >= 4 is 0 Å². The third kappa shape index (κ3) is 6.94. The van der Waals surface area contributed by atoms with Crippen LogP contribution in [0.1, 0.15) is 77.0 Å². The van der Waals surface area contributed by atoms with Crippen molar-refractivity contribution in [3.05, 3.63) is 0 Å². The van der Waals surface area contributed by atoms with E-state index in [-0.39, 0.29) is 0 Å². The van der Waals surface area contributed by atoms with Gasteiger partial charge in [-0.25, -0.2) is 0 Å². The molecule has 1 saturated carbocycles. The Labute approximate surface area is 95.8 Å². The number of nitrogens with two attached hydrogens (primary N) is 1. The zero-order valence-corrected chi connectivity index (χ0v) is 10.3. The molecule has 1 aliphatic carbocycles. The fourth-order valence-corrected chi connectivity index (χ4v) is 2.76. The lowest BCUT2D eigenvalue weighted by molar-refractivity contribution is 0.328. The van der Waals surface area contributed by atoms with Crippen LogP contribution in [0.5, 0.6) is 0 Å². The van der Waals surface area contributed by atoms with Crippen molar-refractivity contribution in [1.29, 1.82) is 0 Å². The van der Waals surface area contributed by atoms with E-state index in [0.717, 1.165) is 12.5 Å². The minimum atomic E-state index is 0.877. The van der Waals surface area contributed by atoms with E-state index in [1.54, 1.807) is 0 Å². The molecule has 0 aromatic heterocycles. The molecule has 90 valence electrons. The van der Waals surface area contributed by atoms with Gasteiger partial charge in [-0.3, -0.25) is 0 Å². The van der Waals surface area contributed by atoms with Crippen molar-refractivity contribution in [1.82, 2.24) is 0 Å². The molecule has 0 aliphatic heterocycles. The van der Waals surface area contributed by atoms with E-state index in [0.29, 0.717) is 0 Å². The summed E-state index contributed by atoms with van der Waals surface area (Å²) >= 11 is 0. The minimum absolute atomic E-state index is 0.877. The smallest absolute Gasteiger partial charge is 0.00773 e. The van der Waals surface area contributed by atoms with Crippen LogP contribution >= 0.6 is 0 Å². The van der Waals surface area contributed by atoms with E-state index in [1.807, 2.05) is 0 Å².